The molecule has 0 bridgehead atoms. The van der Waals surface area contributed by atoms with Gasteiger partial charge in [0.05, 0.1) is 0 Å². The Kier molecular flexibility index (Phi) is 6.20. The van der Waals surface area contributed by atoms with E-state index in [4.69, 9.17) is 0 Å². The zero-order valence-corrected chi connectivity index (χ0v) is 12.8. The van der Waals surface area contributed by atoms with E-state index in [0.29, 0.717) is 0 Å². The van der Waals surface area contributed by atoms with Crippen molar-refractivity contribution in [3.05, 3.63) is 24.8 Å². The van der Waals surface area contributed by atoms with E-state index in [1.165, 1.54) is 64.2 Å². The molecule has 0 aromatic rings. The van der Waals surface area contributed by atoms with Crippen LogP contribution in [0.5, 0.6) is 0 Å². The summed E-state index contributed by atoms with van der Waals surface area (Å²) in [7, 11) is 0. The first-order valence-electron chi connectivity index (χ1n) is 8.57. The molecule has 0 aromatic carbocycles. The molecule has 0 aliphatic heterocycles. The highest BCUT2D eigenvalue weighted by Gasteiger charge is 2.18. The number of rotatable bonds is 5. The van der Waals surface area contributed by atoms with Crippen molar-refractivity contribution in [2.45, 2.75) is 71.1 Å². The third kappa shape index (κ3) is 5.16. The highest BCUT2D eigenvalue weighted by Crippen LogP contribution is 2.32. The monoisotopic (exact) mass is 260 g/mol. The lowest BCUT2D eigenvalue weighted by atomic mass is 9.80. The first-order valence-corrected chi connectivity index (χ1v) is 8.57. The molecule has 19 heavy (non-hydrogen) atoms. The van der Waals surface area contributed by atoms with Crippen LogP contribution in [0.3, 0.4) is 0 Å². The molecule has 2 saturated carbocycles. The van der Waals surface area contributed by atoms with Crippen LogP contribution >= 0.6 is 0 Å². The summed E-state index contributed by atoms with van der Waals surface area (Å²) in [6, 6.07) is 0. The largest absolute Gasteiger partial charge is 0.103 e. The quantitative estimate of drug-likeness (QED) is 0.521. The van der Waals surface area contributed by atoms with E-state index in [2.05, 4.69) is 31.7 Å². The fourth-order valence-electron chi connectivity index (χ4n) is 3.81. The zero-order valence-electron chi connectivity index (χ0n) is 12.8. The number of allylic oxidation sites excluding steroid dienone is 3. The third-order valence-corrected chi connectivity index (χ3v) is 5.44. The molecule has 0 spiro atoms. The van der Waals surface area contributed by atoms with Gasteiger partial charge in [0.15, 0.2) is 0 Å². The van der Waals surface area contributed by atoms with Crippen molar-refractivity contribution in [2.24, 2.45) is 23.7 Å². The van der Waals surface area contributed by atoms with Gasteiger partial charge in [-0.25, -0.2) is 0 Å². The van der Waals surface area contributed by atoms with Crippen LogP contribution in [0.1, 0.15) is 71.1 Å². The first-order chi connectivity index (χ1) is 9.28. The van der Waals surface area contributed by atoms with Crippen molar-refractivity contribution in [2.75, 3.05) is 0 Å². The summed E-state index contributed by atoms with van der Waals surface area (Å²) in [5, 5.41) is 0. The standard InChI is InChI=1S/C19H32/c1-3-17-12-14-19(15-13-17)7-5-4-6-18-10-8-16(2)9-11-18/h3,5,7,16-19H,1,4,6,8-15H2,2H3/b7-5+/t16-,17-,18-,19-. The summed E-state index contributed by atoms with van der Waals surface area (Å²) in [5.41, 5.74) is 0. The van der Waals surface area contributed by atoms with Gasteiger partial charge in [-0.2, -0.15) is 0 Å². The molecule has 0 nitrogen and oxygen atoms in total. The third-order valence-electron chi connectivity index (χ3n) is 5.44. The van der Waals surface area contributed by atoms with Crippen molar-refractivity contribution in [1.82, 2.24) is 0 Å². The Morgan fingerprint density at radius 3 is 2.16 bits per heavy atom. The molecule has 2 fully saturated rings. The molecule has 2 aliphatic carbocycles. The minimum atomic E-state index is 0.800. The minimum absolute atomic E-state index is 0.800. The first kappa shape index (κ1) is 14.9. The summed E-state index contributed by atoms with van der Waals surface area (Å²) in [6.07, 6.45) is 21.3. The highest BCUT2D eigenvalue weighted by molar-refractivity contribution is 4.94. The predicted octanol–water partition coefficient (Wildman–Crippen LogP) is 6.14. The van der Waals surface area contributed by atoms with E-state index in [1.54, 1.807) is 0 Å². The maximum absolute atomic E-state index is 3.92. The minimum Gasteiger partial charge on any atom is -0.103 e. The molecule has 0 heterocycles. The lowest BCUT2D eigenvalue weighted by molar-refractivity contribution is 0.278. The fraction of sp³-hybridized carbons (Fsp3) is 0.789. The van der Waals surface area contributed by atoms with Gasteiger partial charge in [-0.1, -0.05) is 50.8 Å². The van der Waals surface area contributed by atoms with Gasteiger partial charge in [-0.3, -0.25) is 0 Å². The molecule has 0 saturated heterocycles. The van der Waals surface area contributed by atoms with Gasteiger partial charge in [-0.15, -0.1) is 6.58 Å². The van der Waals surface area contributed by atoms with Crippen molar-refractivity contribution >= 4 is 0 Å². The van der Waals surface area contributed by atoms with Gasteiger partial charge in [0.25, 0.3) is 0 Å². The van der Waals surface area contributed by atoms with Gasteiger partial charge in [-0.05, 0) is 62.2 Å². The van der Waals surface area contributed by atoms with Crippen LogP contribution in [0.15, 0.2) is 24.8 Å². The van der Waals surface area contributed by atoms with E-state index in [0.717, 1.165) is 23.7 Å². The molecule has 0 N–H and O–H groups in total. The second-order valence-corrected chi connectivity index (χ2v) is 7.04. The van der Waals surface area contributed by atoms with Crippen LogP contribution in [0.4, 0.5) is 0 Å². The average Bonchev–Trinajstić information content (AvgIpc) is 2.46. The zero-order chi connectivity index (χ0) is 13.5. The van der Waals surface area contributed by atoms with E-state index in [9.17, 15) is 0 Å². The maximum Gasteiger partial charge on any atom is -0.0233 e. The Morgan fingerprint density at radius 1 is 0.895 bits per heavy atom. The van der Waals surface area contributed by atoms with E-state index in [1.807, 2.05) is 0 Å². The Balaban J connectivity index is 1.58. The summed E-state index contributed by atoms with van der Waals surface area (Å²) in [4.78, 5) is 0. The van der Waals surface area contributed by atoms with Crippen LogP contribution in [-0.2, 0) is 0 Å². The van der Waals surface area contributed by atoms with Gasteiger partial charge in [0, 0.05) is 0 Å². The smallest absolute Gasteiger partial charge is 0.0233 e. The molecule has 0 unspecified atom stereocenters. The molecule has 0 atom stereocenters. The molecular weight excluding hydrogens is 228 g/mol. The van der Waals surface area contributed by atoms with Crippen molar-refractivity contribution in [3.8, 4) is 0 Å². The Morgan fingerprint density at radius 2 is 1.53 bits per heavy atom. The van der Waals surface area contributed by atoms with Crippen molar-refractivity contribution in [3.63, 3.8) is 0 Å². The topological polar surface area (TPSA) is 0 Å². The van der Waals surface area contributed by atoms with Crippen LogP contribution in [0, 0.1) is 23.7 Å². The van der Waals surface area contributed by atoms with Crippen LogP contribution in [0.2, 0.25) is 0 Å². The van der Waals surface area contributed by atoms with Crippen LogP contribution in [0.25, 0.3) is 0 Å². The highest BCUT2D eigenvalue weighted by atomic mass is 14.2. The van der Waals surface area contributed by atoms with E-state index >= 15 is 0 Å². The lowest BCUT2D eigenvalue weighted by Gasteiger charge is -2.26. The van der Waals surface area contributed by atoms with Crippen molar-refractivity contribution in [1.29, 1.82) is 0 Å². The Labute approximate surface area is 120 Å². The summed E-state index contributed by atoms with van der Waals surface area (Å²) in [6.45, 7) is 6.34. The molecule has 0 aromatic heterocycles. The molecular formula is C19H32. The SMILES string of the molecule is C=C[C@H]1CC[C@H](/C=C/CC[C@H]2CC[C@H](C)CC2)CC1. The molecule has 0 heteroatoms. The molecule has 108 valence electrons. The molecule has 0 radical (unpaired) electrons. The molecule has 2 aliphatic rings. The number of hydrogen-bond acceptors (Lipinski definition) is 0. The average molecular weight is 260 g/mol. The van der Waals surface area contributed by atoms with Gasteiger partial charge in [0.1, 0.15) is 0 Å². The Hall–Kier alpha value is -0.520. The van der Waals surface area contributed by atoms with E-state index in [-0.39, 0.29) is 0 Å². The van der Waals surface area contributed by atoms with Crippen molar-refractivity contribution < 1.29 is 0 Å². The lowest BCUT2D eigenvalue weighted by Crippen LogP contribution is -2.12. The summed E-state index contributed by atoms with van der Waals surface area (Å²) >= 11 is 0. The van der Waals surface area contributed by atoms with Gasteiger partial charge >= 0.3 is 0 Å². The number of hydrogen-bond donors (Lipinski definition) is 0. The van der Waals surface area contributed by atoms with E-state index < -0.39 is 0 Å². The predicted molar refractivity (Wildman–Crippen MR) is 85.1 cm³/mol. The fourth-order valence-corrected chi connectivity index (χ4v) is 3.81. The summed E-state index contributed by atoms with van der Waals surface area (Å²) < 4.78 is 0. The Bertz CT molecular complexity index is 272. The second kappa shape index (κ2) is 7.92. The van der Waals surface area contributed by atoms with Gasteiger partial charge < -0.3 is 0 Å². The normalized spacial score (nSPS) is 36.5. The molecule has 0 amide bonds. The summed E-state index contributed by atoms with van der Waals surface area (Å²) in [5.74, 6) is 3.68. The van der Waals surface area contributed by atoms with Crippen LogP contribution in [-0.4, -0.2) is 0 Å². The molecule has 2 rings (SSSR count). The second-order valence-electron chi connectivity index (χ2n) is 7.04. The van der Waals surface area contributed by atoms with Crippen LogP contribution < -0.4 is 0 Å². The maximum atomic E-state index is 3.92. The van der Waals surface area contributed by atoms with Gasteiger partial charge in [0.2, 0.25) is 0 Å².